The minimum Gasteiger partial charge on any atom is -0.481 e. The average molecular weight is 282 g/mol. The normalized spacial score (nSPS) is 12.5. The summed E-state index contributed by atoms with van der Waals surface area (Å²) in [5.74, 6) is -0.199. The summed E-state index contributed by atoms with van der Waals surface area (Å²) in [6, 6.07) is 3.98. The first-order valence-electron chi connectivity index (χ1n) is 5.71. The largest absolute Gasteiger partial charge is 0.481 e. The number of tetrazole rings is 1. The van der Waals surface area contributed by atoms with Crippen LogP contribution in [0.1, 0.15) is 17.1 Å². The molecule has 7 nitrogen and oxygen atoms in total. The number of methoxy groups -OCH3 is 1. The number of hydrogen-bond acceptors (Lipinski definition) is 6. The van der Waals surface area contributed by atoms with Crippen LogP contribution in [0.4, 0.5) is 0 Å². The Balaban J connectivity index is 2.04. The van der Waals surface area contributed by atoms with Crippen molar-refractivity contribution in [3.63, 3.8) is 0 Å². The van der Waals surface area contributed by atoms with Crippen LogP contribution in [-0.4, -0.2) is 44.5 Å². The highest BCUT2D eigenvalue weighted by atomic mass is 32.1. The number of carboxylic acids is 1. The van der Waals surface area contributed by atoms with Crippen molar-refractivity contribution in [3.8, 4) is 0 Å². The molecule has 1 N–H and O–H groups in total. The summed E-state index contributed by atoms with van der Waals surface area (Å²) in [7, 11) is 1.48. The highest BCUT2D eigenvalue weighted by Gasteiger charge is 2.16. The molecule has 0 bridgehead atoms. The number of carbonyl (C=O) groups is 1. The summed E-state index contributed by atoms with van der Waals surface area (Å²) < 4.78 is 6.72. The number of rotatable bonds is 7. The molecule has 2 heterocycles. The van der Waals surface area contributed by atoms with E-state index >= 15 is 0 Å². The lowest BCUT2D eigenvalue weighted by Crippen LogP contribution is -2.24. The van der Waals surface area contributed by atoms with Crippen molar-refractivity contribution in [2.45, 2.75) is 25.5 Å². The number of ether oxygens (including phenoxy) is 1. The maximum Gasteiger partial charge on any atom is 0.306 e. The van der Waals surface area contributed by atoms with Crippen LogP contribution in [0, 0.1) is 0 Å². The molecule has 0 saturated carbocycles. The van der Waals surface area contributed by atoms with E-state index < -0.39 is 12.1 Å². The summed E-state index contributed by atoms with van der Waals surface area (Å²) in [5.41, 5.74) is 0. The molecule has 0 spiro atoms. The first-order valence-corrected chi connectivity index (χ1v) is 6.59. The Morgan fingerprint density at radius 1 is 1.63 bits per heavy atom. The zero-order valence-corrected chi connectivity index (χ0v) is 11.2. The molecule has 2 aromatic heterocycles. The Kier molecular flexibility index (Phi) is 4.58. The van der Waals surface area contributed by atoms with Crippen LogP contribution < -0.4 is 0 Å². The van der Waals surface area contributed by atoms with Crippen molar-refractivity contribution >= 4 is 17.3 Å². The van der Waals surface area contributed by atoms with Crippen molar-refractivity contribution in [3.05, 3.63) is 28.2 Å². The van der Waals surface area contributed by atoms with E-state index in [-0.39, 0.29) is 6.42 Å². The SMILES string of the molecule is COC(CC(=O)O)Cn1nnnc1Cc1cccs1. The molecule has 0 aromatic carbocycles. The maximum absolute atomic E-state index is 10.7. The van der Waals surface area contributed by atoms with Gasteiger partial charge < -0.3 is 9.84 Å². The van der Waals surface area contributed by atoms with Crippen LogP contribution in [0.15, 0.2) is 17.5 Å². The summed E-state index contributed by atoms with van der Waals surface area (Å²) in [4.78, 5) is 11.9. The highest BCUT2D eigenvalue weighted by molar-refractivity contribution is 7.09. The topological polar surface area (TPSA) is 90.1 Å². The van der Waals surface area contributed by atoms with Gasteiger partial charge in [-0.15, -0.1) is 16.4 Å². The Morgan fingerprint density at radius 2 is 2.47 bits per heavy atom. The Labute approximate surface area is 113 Å². The molecule has 0 amide bonds. The minimum absolute atomic E-state index is 0.0746. The number of hydrogen-bond donors (Lipinski definition) is 1. The second-order valence-electron chi connectivity index (χ2n) is 3.99. The Bertz CT molecular complexity index is 526. The average Bonchev–Trinajstić information content (AvgIpc) is 3.01. The molecule has 102 valence electrons. The third-order valence-electron chi connectivity index (χ3n) is 2.63. The molecule has 2 aromatic rings. The van der Waals surface area contributed by atoms with E-state index in [1.54, 1.807) is 16.0 Å². The Morgan fingerprint density at radius 3 is 3.11 bits per heavy atom. The number of nitrogens with zero attached hydrogens (tertiary/aromatic N) is 4. The highest BCUT2D eigenvalue weighted by Crippen LogP contribution is 2.13. The van der Waals surface area contributed by atoms with Crippen LogP contribution >= 0.6 is 11.3 Å². The van der Waals surface area contributed by atoms with Crippen molar-refractivity contribution in [1.29, 1.82) is 0 Å². The zero-order chi connectivity index (χ0) is 13.7. The van der Waals surface area contributed by atoms with E-state index in [0.717, 1.165) is 4.88 Å². The molecule has 0 aliphatic rings. The van der Waals surface area contributed by atoms with Crippen LogP contribution in [0.25, 0.3) is 0 Å². The summed E-state index contributed by atoms with van der Waals surface area (Å²) in [5, 5.41) is 22.2. The molecule has 0 aliphatic heterocycles. The van der Waals surface area contributed by atoms with Crippen molar-refractivity contribution in [2.75, 3.05) is 7.11 Å². The monoisotopic (exact) mass is 282 g/mol. The number of carboxylic acid groups (broad SMARTS) is 1. The van der Waals surface area contributed by atoms with E-state index in [2.05, 4.69) is 15.5 Å². The molecule has 0 radical (unpaired) electrons. The fraction of sp³-hybridized carbons (Fsp3) is 0.455. The fourth-order valence-corrected chi connectivity index (χ4v) is 2.37. The molecule has 8 heteroatoms. The van der Waals surface area contributed by atoms with Gasteiger partial charge in [0, 0.05) is 18.4 Å². The van der Waals surface area contributed by atoms with Gasteiger partial charge in [-0.1, -0.05) is 6.07 Å². The fourth-order valence-electron chi connectivity index (χ4n) is 1.67. The van der Waals surface area contributed by atoms with Gasteiger partial charge in [-0.3, -0.25) is 4.79 Å². The first kappa shape index (κ1) is 13.6. The minimum atomic E-state index is -0.903. The van der Waals surface area contributed by atoms with Gasteiger partial charge >= 0.3 is 5.97 Å². The lowest BCUT2D eigenvalue weighted by Gasteiger charge is -2.13. The number of aromatic nitrogens is 4. The van der Waals surface area contributed by atoms with Gasteiger partial charge in [-0.25, -0.2) is 4.68 Å². The first-order chi connectivity index (χ1) is 9.19. The van der Waals surface area contributed by atoms with E-state index in [0.29, 0.717) is 18.8 Å². The number of thiophene rings is 1. The molecule has 1 unspecified atom stereocenters. The molecule has 0 saturated heterocycles. The van der Waals surface area contributed by atoms with Gasteiger partial charge in [-0.05, 0) is 21.9 Å². The van der Waals surface area contributed by atoms with Crippen molar-refractivity contribution < 1.29 is 14.6 Å². The number of aliphatic carboxylic acids is 1. The molecule has 0 fully saturated rings. The van der Waals surface area contributed by atoms with E-state index in [9.17, 15) is 4.79 Å². The predicted molar refractivity (Wildman–Crippen MR) is 68.0 cm³/mol. The van der Waals surface area contributed by atoms with Gasteiger partial charge in [0.2, 0.25) is 0 Å². The second kappa shape index (κ2) is 6.39. The van der Waals surface area contributed by atoms with Crippen LogP contribution in [-0.2, 0) is 22.5 Å². The van der Waals surface area contributed by atoms with E-state index in [1.165, 1.54) is 7.11 Å². The Hall–Kier alpha value is -1.80. The summed E-state index contributed by atoms with van der Waals surface area (Å²) in [6.07, 6.45) is 0.117. The zero-order valence-electron chi connectivity index (χ0n) is 10.4. The molecule has 2 rings (SSSR count). The third-order valence-corrected chi connectivity index (χ3v) is 3.51. The molecule has 19 heavy (non-hydrogen) atoms. The van der Waals surface area contributed by atoms with Crippen molar-refractivity contribution in [1.82, 2.24) is 20.2 Å². The molecular formula is C11H14N4O3S. The standard InChI is InChI=1S/C11H14N4O3S/c1-18-8(5-11(16)17)7-15-10(12-13-14-15)6-9-3-2-4-19-9/h2-4,8H,5-7H2,1H3,(H,16,17). The van der Waals surface area contributed by atoms with Gasteiger partial charge in [0.1, 0.15) is 0 Å². The third kappa shape index (κ3) is 3.83. The van der Waals surface area contributed by atoms with Crippen LogP contribution in [0.3, 0.4) is 0 Å². The lowest BCUT2D eigenvalue weighted by molar-refractivity contribution is -0.140. The van der Waals surface area contributed by atoms with Gasteiger partial charge in [0.15, 0.2) is 5.82 Å². The lowest BCUT2D eigenvalue weighted by atomic mass is 10.2. The maximum atomic E-state index is 10.7. The predicted octanol–water partition coefficient (Wildman–Crippen LogP) is 0.815. The smallest absolute Gasteiger partial charge is 0.306 e. The van der Waals surface area contributed by atoms with Crippen LogP contribution in [0.5, 0.6) is 0 Å². The second-order valence-corrected chi connectivity index (χ2v) is 5.02. The van der Waals surface area contributed by atoms with Gasteiger partial charge in [0.25, 0.3) is 0 Å². The van der Waals surface area contributed by atoms with Gasteiger partial charge in [-0.2, -0.15) is 0 Å². The van der Waals surface area contributed by atoms with E-state index in [1.807, 2.05) is 17.5 Å². The molecule has 0 aliphatic carbocycles. The quantitative estimate of drug-likeness (QED) is 0.808. The molecule has 1 atom stereocenters. The van der Waals surface area contributed by atoms with Crippen LogP contribution in [0.2, 0.25) is 0 Å². The van der Waals surface area contributed by atoms with Crippen molar-refractivity contribution in [2.24, 2.45) is 0 Å². The van der Waals surface area contributed by atoms with E-state index in [4.69, 9.17) is 9.84 Å². The summed E-state index contributed by atoms with van der Waals surface area (Å²) >= 11 is 1.63. The molecular weight excluding hydrogens is 268 g/mol. The summed E-state index contributed by atoms with van der Waals surface area (Å²) in [6.45, 7) is 0.330. The van der Waals surface area contributed by atoms with Gasteiger partial charge in [0.05, 0.1) is 19.1 Å².